The van der Waals surface area contributed by atoms with Crippen LogP contribution in [0.1, 0.15) is 56.3 Å². The average Bonchev–Trinajstić information content (AvgIpc) is 3.11. The predicted octanol–water partition coefficient (Wildman–Crippen LogP) is 3.40. The molecule has 8 nitrogen and oxygen atoms in total. The second-order valence-corrected chi connectivity index (χ2v) is 11.0. The third-order valence-electron chi connectivity index (χ3n) is 8.80. The number of hydrogen-bond donors (Lipinski definition) is 1. The van der Waals surface area contributed by atoms with E-state index in [1.54, 1.807) is 23.4 Å². The Balaban J connectivity index is 1.30. The maximum atomic E-state index is 13.7. The number of benzene rings is 1. The summed E-state index contributed by atoms with van der Waals surface area (Å²) in [6.45, 7) is 1.77. The van der Waals surface area contributed by atoms with E-state index in [9.17, 15) is 9.59 Å². The van der Waals surface area contributed by atoms with Crippen LogP contribution < -0.4 is 5.32 Å². The number of aromatic nitrogens is 2. The van der Waals surface area contributed by atoms with Crippen molar-refractivity contribution >= 4 is 11.9 Å². The molecule has 3 aliphatic rings. The van der Waals surface area contributed by atoms with Gasteiger partial charge < -0.3 is 15.1 Å². The second kappa shape index (κ2) is 10.2. The van der Waals surface area contributed by atoms with Crippen LogP contribution >= 0.6 is 0 Å². The molecule has 1 aromatic carbocycles. The first-order valence-electron chi connectivity index (χ1n) is 13.2. The van der Waals surface area contributed by atoms with Gasteiger partial charge in [-0.05, 0) is 70.2 Å². The molecule has 5 rings (SSSR count). The van der Waals surface area contributed by atoms with E-state index < -0.39 is 0 Å². The minimum absolute atomic E-state index is 0.0186. The van der Waals surface area contributed by atoms with Gasteiger partial charge >= 0.3 is 6.03 Å². The van der Waals surface area contributed by atoms with E-state index in [0.29, 0.717) is 18.3 Å². The molecule has 0 atom stereocenters. The van der Waals surface area contributed by atoms with Gasteiger partial charge in [0, 0.05) is 31.0 Å². The Morgan fingerprint density at radius 1 is 1.06 bits per heavy atom. The van der Waals surface area contributed by atoms with Crippen molar-refractivity contribution in [3.8, 4) is 0 Å². The summed E-state index contributed by atoms with van der Waals surface area (Å²) in [5.41, 5.74) is 1.11. The standard InChI is InChI=1S/C28H38N6O2/c1-32(2)28(23-10-4-3-5-11-23)14-12-27(13-15-28)21-33(26(36)34(27)19-22-8-6-9-22)20-25(35)31-18-24-29-16-7-17-30-24/h3-5,7,10-11,16-17,22H,6,8-9,12-15,18-21H2,1-2H3,(H,31,35)/t27-,28-. The van der Waals surface area contributed by atoms with Crippen LogP contribution in [-0.4, -0.2) is 75.9 Å². The van der Waals surface area contributed by atoms with E-state index in [1.807, 2.05) is 0 Å². The van der Waals surface area contributed by atoms with E-state index >= 15 is 0 Å². The molecule has 0 unspecified atom stereocenters. The third kappa shape index (κ3) is 4.71. The number of nitrogens with zero attached hydrogens (tertiary/aromatic N) is 5. The zero-order valence-electron chi connectivity index (χ0n) is 21.5. The molecule has 1 aromatic heterocycles. The zero-order chi connectivity index (χ0) is 25.2. The van der Waals surface area contributed by atoms with Crippen molar-refractivity contribution in [2.45, 2.75) is 62.6 Å². The first kappa shape index (κ1) is 24.7. The Bertz CT molecular complexity index is 1050. The molecule has 0 bridgehead atoms. The molecule has 2 aliphatic carbocycles. The van der Waals surface area contributed by atoms with Gasteiger partial charge in [0.15, 0.2) is 0 Å². The molecule has 36 heavy (non-hydrogen) atoms. The van der Waals surface area contributed by atoms with Crippen LogP contribution in [-0.2, 0) is 16.9 Å². The monoisotopic (exact) mass is 490 g/mol. The van der Waals surface area contributed by atoms with E-state index in [0.717, 1.165) is 32.2 Å². The molecule has 2 heterocycles. The van der Waals surface area contributed by atoms with Gasteiger partial charge in [-0.3, -0.25) is 9.69 Å². The fraction of sp³-hybridized carbons (Fsp3) is 0.571. The van der Waals surface area contributed by atoms with Gasteiger partial charge in [0.2, 0.25) is 5.91 Å². The second-order valence-electron chi connectivity index (χ2n) is 11.0. The summed E-state index contributed by atoms with van der Waals surface area (Å²) in [4.78, 5) is 41.0. The Morgan fingerprint density at radius 2 is 1.75 bits per heavy atom. The molecular formula is C28H38N6O2. The maximum absolute atomic E-state index is 13.7. The molecule has 1 aliphatic heterocycles. The van der Waals surface area contributed by atoms with E-state index in [1.165, 1.54) is 24.8 Å². The highest BCUT2D eigenvalue weighted by molar-refractivity contribution is 5.86. The molecular weight excluding hydrogens is 452 g/mol. The van der Waals surface area contributed by atoms with Crippen LogP contribution in [0.5, 0.6) is 0 Å². The maximum Gasteiger partial charge on any atom is 0.321 e. The summed E-state index contributed by atoms with van der Waals surface area (Å²) >= 11 is 0. The van der Waals surface area contributed by atoms with Crippen LogP contribution in [0.2, 0.25) is 0 Å². The summed E-state index contributed by atoms with van der Waals surface area (Å²) < 4.78 is 0. The molecule has 2 saturated carbocycles. The number of hydrogen-bond acceptors (Lipinski definition) is 5. The topological polar surface area (TPSA) is 81.7 Å². The quantitative estimate of drug-likeness (QED) is 0.613. The summed E-state index contributed by atoms with van der Waals surface area (Å²) in [5.74, 6) is 0.985. The van der Waals surface area contributed by atoms with Crippen molar-refractivity contribution in [3.05, 3.63) is 60.2 Å². The summed E-state index contributed by atoms with van der Waals surface area (Å²) in [6.07, 6.45) is 10.8. The number of carbonyl (C=O) groups is 2. The summed E-state index contributed by atoms with van der Waals surface area (Å²) in [5, 5.41) is 2.88. The minimum atomic E-state index is -0.205. The van der Waals surface area contributed by atoms with Crippen molar-refractivity contribution in [3.63, 3.8) is 0 Å². The van der Waals surface area contributed by atoms with Gasteiger partial charge in [-0.25, -0.2) is 14.8 Å². The van der Waals surface area contributed by atoms with Crippen LogP contribution in [0.15, 0.2) is 48.8 Å². The highest BCUT2D eigenvalue weighted by Gasteiger charge is 2.55. The lowest BCUT2D eigenvalue weighted by molar-refractivity contribution is -0.121. The predicted molar refractivity (Wildman–Crippen MR) is 138 cm³/mol. The summed E-state index contributed by atoms with van der Waals surface area (Å²) in [6, 6.07) is 12.5. The van der Waals surface area contributed by atoms with E-state index in [4.69, 9.17) is 0 Å². The molecule has 8 heteroatoms. The van der Waals surface area contributed by atoms with Crippen LogP contribution in [0.4, 0.5) is 4.79 Å². The third-order valence-corrected chi connectivity index (χ3v) is 8.80. The lowest BCUT2D eigenvalue weighted by Crippen LogP contribution is -2.56. The van der Waals surface area contributed by atoms with Gasteiger partial charge in [0.05, 0.1) is 12.1 Å². The number of amides is 3. The van der Waals surface area contributed by atoms with Gasteiger partial charge in [0.25, 0.3) is 0 Å². The van der Waals surface area contributed by atoms with Crippen molar-refractivity contribution in [1.29, 1.82) is 0 Å². The number of urea groups is 1. The lowest BCUT2D eigenvalue weighted by atomic mass is 9.68. The van der Waals surface area contributed by atoms with Crippen LogP contribution in [0.3, 0.4) is 0 Å². The van der Waals surface area contributed by atoms with E-state index in [2.05, 4.69) is 69.5 Å². The molecule has 3 amide bonds. The van der Waals surface area contributed by atoms with Crippen molar-refractivity contribution in [1.82, 2.24) is 30.0 Å². The average molecular weight is 491 g/mol. The number of rotatable bonds is 8. The Kier molecular flexibility index (Phi) is 6.97. The summed E-state index contributed by atoms with van der Waals surface area (Å²) in [7, 11) is 4.34. The normalized spacial score (nSPS) is 26.5. The Labute approximate surface area is 214 Å². The van der Waals surface area contributed by atoms with Gasteiger partial charge in [-0.15, -0.1) is 0 Å². The first-order valence-corrected chi connectivity index (χ1v) is 13.2. The first-order chi connectivity index (χ1) is 17.4. The number of carbonyl (C=O) groups excluding carboxylic acids is 2. The number of nitrogens with one attached hydrogen (secondary N) is 1. The SMILES string of the molecule is CN(C)[C@]1(c2ccccc2)CC[C@@]2(CC1)CN(CC(=O)NCc1ncccn1)C(=O)N2CC1CCC1. The Morgan fingerprint density at radius 3 is 2.36 bits per heavy atom. The Hall–Kier alpha value is -3.00. The van der Waals surface area contributed by atoms with Crippen LogP contribution in [0, 0.1) is 5.92 Å². The lowest BCUT2D eigenvalue weighted by Gasteiger charge is -2.51. The van der Waals surface area contributed by atoms with Gasteiger partial charge in [0.1, 0.15) is 12.4 Å². The van der Waals surface area contributed by atoms with E-state index in [-0.39, 0.29) is 36.1 Å². The van der Waals surface area contributed by atoms with Gasteiger partial charge in [-0.1, -0.05) is 36.8 Å². The van der Waals surface area contributed by atoms with Crippen molar-refractivity contribution in [2.75, 3.05) is 33.7 Å². The highest BCUT2D eigenvalue weighted by Crippen LogP contribution is 2.49. The molecule has 0 radical (unpaired) electrons. The van der Waals surface area contributed by atoms with Gasteiger partial charge in [-0.2, -0.15) is 0 Å². The molecule has 2 aromatic rings. The fourth-order valence-electron chi connectivity index (χ4n) is 6.34. The largest absolute Gasteiger partial charge is 0.347 e. The molecule has 1 N–H and O–H groups in total. The molecule has 192 valence electrons. The highest BCUT2D eigenvalue weighted by atomic mass is 16.2. The van der Waals surface area contributed by atoms with Crippen molar-refractivity contribution in [2.24, 2.45) is 5.92 Å². The molecule has 3 fully saturated rings. The molecule has 1 spiro atoms. The van der Waals surface area contributed by atoms with Crippen LogP contribution in [0.25, 0.3) is 0 Å². The minimum Gasteiger partial charge on any atom is -0.347 e. The smallest absolute Gasteiger partial charge is 0.321 e. The van der Waals surface area contributed by atoms with Crippen molar-refractivity contribution < 1.29 is 9.59 Å². The zero-order valence-corrected chi connectivity index (χ0v) is 21.5. The molecule has 1 saturated heterocycles. The fourth-order valence-corrected chi connectivity index (χ4v) is 6.34.